The molecule has 1 N–H and O–H groups in total. The lowest BCUT2D eigenvalue weighted by molar-refractivity contribution is 1.17. The van der Waals surface area contributed by atoms with Crippen LogP contribution in [0.4, 0.5) is 0 Å². The molecule has 0 spiro atoms. The van der Waals surface area contributed by atoms with Crippen molar-refractivity contribution in [2.45, 2.75) is 6.92 Å². The van der Waals surface area contributed by atoms with Gasteiger partial charge in [-0.3, -0.25) is 4.79 Å². The highest BCUT2D eigenvalue weighted by Crippen LogP contribution is 2.13. The number of H-pyrrole nitrogens is 1. The maximum absolute atomic E-state index is 11.5. The van der Waals surface area contributed by atoms with E-state index in [2.05, 4.69) is 27.6 Å². The fourth-order valence-electron chi connectivity index (χ4n) is 1.37. The third kappa shape index (κ3) is 1.60. The number of aromatic amines is 1. The Morgan fingerprint density at radius 1 is 1.31 bits per heavy atom. The molecule has 0 aliphatic carbocycles. The maximum atomic E-state index is 11.5. The molecule has 0 fully saturated rings. The molecule has 0 saturated carbocycles. The lowest BCUT2D eigenvalue weighted by Gasteiger charge is -1.99. The second kappa shape index (κ2) is 3.14. The van der Waals surface area contributed by atoms with Gasteiger partial charge in [0.2, 0.25) is 0 Å². The summed E-state index contributed by atoms with van der Waals surface area (Å²) < 4.78 is 1.08. The van der Waals surface area contributed by atoms with Crippen LogP contribution in [0.5, 0.6) is 0 Å². The van der Waals surface area contributed by atoms with Gasteiger partial charge in [0, 0.05) is 14.7 Å². The van der Waals surface area contributed by atoms with E-state index in [0.717, 1.165) is 20.0 Å². The van der Waals surface area contributed by atoms with Crippen LogP contribution in [-0.4, -0.2) is 4.98 Å². The van der Waals surface area contributed by atoms with E-state index in [9.17, 15) is 4.79 Å². The van der Waals surface area contributed by atoms with Crippen molar-refractivity contribution in [3.8, 4) is 0 Å². The third-order valence-corrected chi connectivity index (χ3v) is 2.61. The average Bonchev–Trinajstić information content (AvgIpc) is 2.06. The number of rotatable bonds is 0. The van der Waals surface area contributed by atoms with Gasteiger partial charge in [-0.15, -0.1) is 0 Å². The van der Waals surface area contributed by atoms with E-state index in [0.29, 0.717) is 0 Å². The molecular weight excluding hydrogens is 277 g/mol. The van der Waals surface area contributed by atoms with Crippen LogP contribution >= 0.6 is 22.6 Å². The standard InChI is InChI=1S/C10H8INO/c1-6-4-7-2-3-8(11)5-9(7)10(13)12-6/h2-5H,1H3,(H,12,13). The zero-order valence-corrected chi connectivity index (χ0v) is 9.25. The highest BCUT2D eigenvalue weighted by Gasteiger charge is 1.99. The molecule has 13 heavy (non-hydrogen) atoms. The maximum Gasteiger partial charge on any atom is 0.256 e. The number of hydrogen-bond acceptors (Lipinski definition) is 1. The SMILES string of the molecule is Cc1cc2ccc(I)cc2c(=O)[nH]1. The van der Waals surface area contributed by atoms with Crippen LogP contribution in [-0.2, 0) is 0 Å². The molecule has 0 aliphatic rings. The molecule has 0 amide bonds. The van der Waals surface area contributed by atoms with Gasteiger partial charge in [-0.05, 0) is 53.1 Å². The topological polar surface area (TPSA) is 32.9 Å². The Bertz CT molecular complexity index is 516. The molecule has 66 valence electrons. The van der Waals surface area contributed by atoms with Crippen LogP contribution < -0.4 is 5.56 Å². The first-order valence-electron chi connectivity index (χ1n) is 3.96. The summed E-state index contributed by atoms with van der Waals surface area (Å²) in [6, 6.07) is 7.85. The van der Waals surface area contributed by atoms with Crippen molar-refractivity contribution in [1.29, 1.82) is 0 Å². The molecule has 1 heterocycles. The number of halogens is 1. The number of hydrogen-bond donors (Lipinski definition) is 1. The number of nitrogens with one attached hydrogen (secondary N) is 1. The fraction of sp³-hybridized carbons (Fsp3) is 0.100. The smallest absolute Gasteiger partial charge is 0.256 e. The summed E-state index contributed by atoms with van der Waals surface area (Å²) in [6.45, 7) is 1.89. The minimum absolute atomic E-state index is 0.00600. The van der Waals surface area contributed by atoms with Crippen molar-refractivity contribution < 1.29 is 0 Å². The lowest BCUT2D eigenvalue weighted by Crippen LogP contribution is -2.07. The molecule has 2 nitrogen and oxygen atoms in total. The van der Waals surface area contributed by atoms with E-state index >= 15 is 0 Å². The molecule has 1 aromatic heterocycles. The predicted molar refractivity (Wildman–Crippen MR) is 62.0 cm³/mol. The van der Waals surface area contributed by atoms with Crippen molar-refractivity contribution in [3.63, 3.8) is 0 Å². The zero-order valence-electron chi connectivity index (χ0n) is 7.10. The summed E-state index contributed by atoms with van der Waals surface area (Å²) in [5.41, 5.74) is 0.896. The van der Waals surface area contributed by atoms with Gasteiger partial charge >= 0.3 is 0 Å². The van der Waals surface area contributed by atoms with Crippen LogP contribution in [0.15, 0.2) is 29.1 Å². The monoisotopic (exact) mass is 285 g/mol. The van der Waals surface area contributed by atoms with E-state index in [1.807, 2.05) is 31.2 Å². The summed E-state index contributed by atoms with van der Waals surface area (Å²) in [4.78, 5) is 14.3. The summed E-state index contributed by atoms with van der Waals surface area (Å²) >= 11 is 2.20. The minimum Gasteiger partial charge on any atom is -0.326 e. The summed E-state index contributed by atoms with van der Waals surface area (Å²) in [6.07, 6.45) is 0. The highest BCUT2D eigenvalue weighted by molar-refractivity contribution is 14.1. The first-order valence-corrected chi connectivity index (χ1v) is 5.04. The van der Waals surface area contributed by atoms with E-state index in [1.54, 1.807) is 0 Å². The minimum atomic E-state index is -0.00600. The lowest BCUT2D eigenvalue weighted by atomic mass is 10.1. The van der Waals surface area contributed by atoms with Crippen molar-refractivity contribution in [2.75, 3.05) is 0 Å². The van der Waals surface area contributed by atoms with E-state index in [1.165, 1.54) is 0 Å². The first-order chi connectivity index (χ1) is 6.16. The quantitative estimate of drug-likeness (QED) is 0.741. The van der Waals surface area contributed by atoms with E-state index < -0.39 is 0 Å². The summed E-state index contributed by atoms with van der Waals surface area (Å²) in [5, 5.41) is 1.76. The van der Waals surface area contributed by atoms with Gasteiger partial charge in [0.25, 0.3) is 5.56 Å². The van der Waals surface area contributed by atoms with Crippen molar-refractivity contribution >= 4 is 33.4 Å². The van der Waals surface area contributed by atoms with E-state index in [-0.39, 0.29) is 5.56 Å². The number of fused-ring (bicyclic) bond motifs is 1. The van der Waals surface area contributed by atoms with Crippen LogP contribution in [0.25, 0.3) is 10.8 Å². The molecule has 0 atom stereocenters. The normalized spacial score (nSPS) is 10.6. The highest BCUT2D eigenvalue weighted by atomic mass is 127. The van der Waals surface area contributed by atoms with Crippen LogP contribution in [0.3, 0.4) is 0 Å². The zero-order chi connectivity index (χ0) is 9.42. The van der Waals surface area contributed by atoms with Gasteiger partial charge in [-0.1, -0.05) is 6.07 Å². The van der Waals surface area contributed by atoms with Gasteiger partial charge in [0.05, 0.1) is 0 Å². The van der Waals surface area contributed by atoms with Gasteiger partial charge in [0.15, 0.2) is 0 Å². The Balaban J connectivity index is 2.95. The molecule has 3 heteroatoms. The molecule has 0 saturated heterocycles. The summed E-state index contributed by atoms with van der Waals surface area (Å²) in [7, 11) is 0. The number of aromatic nitrogens is 1. The second-order valence-corrected chi connectivity index (χ2v) is 4.26. The van der Waals surface area contributed by atoms with Crippen molar-refractivity contribution in [3.05, 3.63) is 43.9 Å². The van der Waals surface area contributed by atoms with Gasteiger partial charge in [0.1, 0.15) is 0 Å². The largest absolute Gasteiger partial charge is 0.326 e. The third-order valence-electron chi connectivity index (χ3n) is 1.94. The molecule has 0 bridgehead atoms. The molecule has 0 aliphatic heterocycles. The Labute approximate surface area is 89.1 Å². The first kappa shape index (κ1) is 8.74. The molecular formula is C10H8INO. The van der Waals surface area contributed by atoms with Gasteiger partial charge < -0.3 is 4.98 Å². The number of pyridine rings is 1. The molecule has 0 unspecified atom stereocenters. The number of aryl methyl sites for hydroxylation is 1. The van der Waals surface area contributed by atoms with Crippen molar-refractivity contribution in [2.24, 2.45) is 0 Å². The fourth-order valence-corrected chi connectivity index (χ4v) is 1.86. The molecule has 0 radical (unpaired) electrons. The van der Waals surface area contributed by atoms with Gasteiger partial charge in [-0.2, -0.15) is 0 Å². The average molecular weight is 285 g/mol. The Morgan fingerprint density at radius 2 is 2.08 bits per heavy atom. The Kier molecular flexibility index (Phi) is 2.11. The second-order valence-electron chi connectivity index (χ2n) is 3.01. The number of benzene rings is 1. The molecule has 2 aromatic rings. The van der Waals surface area contributed by atoms with Crippen LogP contribution in [0.1, 0.15) is 5.69 Å². The van der Waals surface area contributed by atoms with Crippen LogP contribution in [0.2, 0.25) is 0 Å². The van der Waals surface area contributed by atoms with Crippen molar-refractivity contribution in [1.82, 2.24) is 4.98 Å². The predicted octanol–water partition coefficient (Wildman–Crippen LogP) is 2.44. The van der Waals surface area contributed by atoms with Gasteiger partial charge in [-0.25, -0.2) is 0 Å². The summed E-state index contributed by atoms with van der Waals surface area (Å²) in [5.74, 6) is 0. The molecule has 2 rings (SSSR count). The van der Waals surface area contributed by atoms with E-state index in [4.69, 9.17) is 0 Å². The Hall–Kier alpha value is -0.840. The Morgan fingerprint density at radius 3 is 2.85 bits per heavy atom. The molecule has 1 aromatic carbocycles. The van der Waals surface area contributed by atoms with Crippen LogP contribution in [0, 0.1) is 10.5 Å².